The molecule has 2 N–H and O–H groups in total. The van der Waals surface area contributed by atoms with E-state index >= 15 is 0 Å². The summed E-state index contributed by atoms with van der Waals surface area (Å²) in [5.74, 6) is 0. The van der Waals surface area contributed by atoms with Crippen molar-refractivity contribution in [1.29, 1.82) is 0 Å². The summed E-state index contributed by atoms with van der Waals surface area (Å²) in [7, 11) is -3.52. The molecule has 2 aromatic rings. The van der Waals surface area contributed by atoms with E-state index in [9.17, 15) is 8.42 Å². The van der Waals surface area contributed by atoms with Gasteiger partial charge in [0, 0.05) is 49.3 Å². The van der Waals surface area contributed by atoms with E-state index in [-0.39, 0.29) is 0 Å². The zero-order chi connectivity index (χ0) is 16.1. The van der Waals surface area contributed by atoms with Crippen molar-refractivity contribution in [1.82, 2.24) is 19.9 Å². The summed E-state index contributed by atoms with van der Waals surface area (Å²) < 4.78 is 27.9. The molecular weight excluding hydrogens is 312 g/mol. The van der Waals surface area contributed by atoms with Crippen LogP contribution in [0.5, 0.6) is 0 Å². The smallest absolute Gasteiger partial charge is 0.241 e. The first-order valence-electron chi connectivity index (χ1n) is 7.92. The van der Waals surface area contributed by atoms with Crippen LogP contribution in [-0.4, -0.2) is 57.6 Å². The topological polar surface area (TPSA) is 74.3 Å². The van der Waals surface area contributed by atoms with E-state index in [4.69, 9.17) is 0 Å². The molecule has 124 valence electrons. The van der Waals surface area contributed by atoms with E-state index < -0.39 is 10.0 Å². The lowest BCUT2D eigenvalue weighted by molar-refractivity contribution is 0.297. The predicted molar refractivity (Wildman–Crippen MR) is 90.9 cm³/mol. The lowest BCUT2D eigenvalue weighted by atomic mass is 10.2. The Balaban J connectivity index is 1.68. The monoisotopic (exact) mass is 334 g/mol. The highest BCUT2D eigenvalue weighted by Gasteiger charge is 2.17. The Morgan fingerprint density at radius 3 is 3.04 bits per heavy atom. The summed E-state index contributed by atoms with van der Waals surface area (Å²) in [6.45, 7) is 5.11. The van der Waals surface area contributed by atoms with Crippen LogP contribution >= 0.6 is 0 Å². The number of sulfonamides is 1. The summed E-state index contributed by atoms with van der Waals surface area (Å²) in [6, 6.07) is 7.00. The maximum absolute atomic E-state index is 12.6. The van der Waals surface area contributed by atoms with E-state index in [1.165, 1.54) is 0 Å². The largest absolute Gasteiger partial charge is 0.315 e. The third-order valence-corrected chi connectivity index (χ3v) is 5.60. The minimum atomic E-state index is -3.52. The van der Waals surface area contributed by atoms with Gasteiger partial charge in [-0.25, -0.2) is 13.1 Å². The van der Waals surface area contributed by atoms with Gasteiger partial charge in [-0.1, -0.05) is 12.1 Å². The predicted octanol–water partition coefficient (Wildman–Crippen LogP) is 0.808. The molecule has 0 amide bonds. The molecule has 0 atom stereocenters. The molecule has 1 saturated heterocycles. The van der Waals surface area contributed by atoms with Gasteiger partial charge in [-0.15, -0.1) is 0 Å². The van der Waals surface area contributed by atoms with Crippen LogP contribution in [0.1, 0.15) is 6.42 Å². The first kappa shape index (κ1) is 16.3. The second-order valence-electron chi connectivity index (χ2n) is 5.70. The van der Waals surface area contributed by atoms with Crippen molar-refractivity contribution >= 4 is 20.8 Å². The SMILES string of the molecule is O=S(=O)(NCCN1CCCNCC1)c1cccc2cnccc12. The van der Waals surface area contributed by atoms with Gasteiger partial charge < -0.3 is 10.2 Å². The maximum Gasteiger partial charge on any atom is 0.241 e. The van der Waals surface area contributed by atoms with Crippen molar-refractivity contribution < 1.29 is 8.42 Å². The number of rotatable bonds is 5. The molecule has 0 bridgehead atoms. The van der Waals surface area contributed by atoms with E-state index in [1.807, 2.05) is 6.07 Å². The fourth-order valence-electron chi connectivity index (χ4n) is 2.87. The molecule has 1 aliphatic rings. The lowest BCUT2D eigenvalue weighted by Crippen LogP contribution is -2.36. The fraction of sp³-hybridized carbons (Fsp3) is 0.438. The van der Waals surface area contributed by atoms with Gasteiger partial charge in [0.05, 0.1) is 4.90 Å². The Bertz CT molecular complexity index is 750. The molecule has 3 rings (SSSR count). The molecule has 2 heterocycles. The van der Waals surface area contributed by atoms with Crippen LogP contribution in [0.4, 0.5) is 0 Å². The van der Waals surface area contributed by atoms with Gasteiger partial charge in [0.2, 0.25) is 10.0 Å². The molecule has 23 heavy (non-hydrogen) atoms. The first-order chi connectivity index (χ1) is 11.2. The summed E-state index contributed by atoms with van der Waals surface area (Å²) in [5.41, 5.74) is 0. The van der Waals surface area contributed by atoms with Crippen LogP contribution < -0.4 is 10.0 Å². The second kappa shape index (κ2) is 7.35. The molecule has 1 aromatic heterocycles. The van der Waals surface area contributed by atoms with Crippen LogP contribution in [-0.2, 0) is 10.0 Å². The zero-order valence-corrected chi connectivity index (χ0v) is 13.8. The highest BCUT2D eigenvalue weighted by molar-refractivity contribution is 7.89. The Kier molecular flexibility index (Phi) is 5.22. The molecule has 1 fully saturated rings. The third-order valence-electron chi connectivity index (χ3n) is 4.08. The number of aromatic nitrogens is 1. The van der Waals surface area contributed by atoms with Gasteiger partial charge in [0.25, 0.3) is 0 Å². The molecule has 1 aliphatic heterocycles. The van der Waals surface area contributed by atoms with Gasteiger partial charge in [-0.2, -0.15) is 0 Å². The molecule has 0 aliphatic carbocycles. The quantitative estimate of drug-likeness (QED) is 0.846. The van der Waals surface area contributed by atoms with Crippen LogP contribution in [0, 0.1) is 0 Å². The van der Waals surface area contributed by atoms with E-state index in [2.05, 4.69) is 19.9 Å². The van der Waals surface area contributed by atoms with Crippen molar-refractivity contribution in [2.75, 3.05) is 39.3 Å². The standard InChI is InChI=1S/C16H22N4O2S/c21-23(22,19-9-12-20-10-2-6-17-8-11-20)16-4-1-3-14-13-18-7-5-15(14)16/h1,3-5,7,13,17,19H,2,6,8-12H2. The number of nitrogens with one attached hydrogen (secondary N) is 2. The van der Waals surface area contributed by atoms with Crippen molar-refractivity contribution in [3.05, 3.63) is 36.7 Å². The fourth-order valence-corrected chi connectivity index (χ4v) is 4.12. The van der Waals surface area contributed by atoms with Crippen molar-refractivity contribution in [3.8, 4) is 0 Å². The molecule has 0 radical (unpaired) electrons. The molecule has 0 spiro atoms. The highest BCUT2D eigenvalue weighted by atomic mass is 32.2. The number of pyridine rings is 1. The Labute approximate surface area is 137 Å². The minimum Gasteiger partial charge on any atom is -0.315 e. The molecular formula is C16H22N4O2S. The Morgan fingerprint density at radius 2 is 2.13 bits per heavy atom. The maximum atomic E-state index is 12.6. The number of benzene rings is 1. The third kappa shape index (κ3) is 4.06. The summed E-state index contributed by atoms with van der Waals surface area (Å²) in [6.07, 6.45) is 4.40. The van der Waals surface area contributed by atoms with Crippen LogP contribution in [0.3, 0.4) is 0 Å². The number of fused-ring (bicyclic) bond motifs is 1. The van der Waals surface area contributed by atoms with E-state index in [0.717, 1.165) is 44.5 Å². The first-order valence-corrected chi connectivity index (χ1v) is 9.41. The zero-order valence-electron chi connectivity index (χ0n) is 13.0. The lowest BCUT2D eigenvalue weighted by Gasteiger charge is -2.19. The molecule has 7 heteroatoms. The van der Waals surface area contributed by atoms with Gasteiger partial charge >= 0.3 is 0 Å². The minimum absolute atomic E-state index is 0.315. The Hall–Kier alpha value is -1.54. The van der Waals surface area contributed by atoms with Crippen molar-refractivity contribution in [2.45, 2.75) is 11.3 Å². The normalized spacial score (nSPS) is 17.2. The van der Waals surface area contributed by atoms with Gasteiger partial charge in [0.15, 0.2) is 0 Å². The van der Waals surface area contributed by atoms with Crippen molar-refractivity contribution in [3.63, 3.8) is 0 Å². The number of hydrogen-bond donors (Lipinski definition) is 2. The average Bonchev–Trinajstić information content (AvgIpc) is 2.83. The molecule has 1 aromatic carbocycles. The van der Waals surface area contributed by atoms with Crippen LogP contribution in [0.25, 0.3) is 10.8 Å². The molecule has 6 nitrogen and oxygen atoms in total. The van der Waals surface area contributed by atoms with Crippen molar-refractivity contribution in [2.24, 2.45) is 0 Å². The number of nitrogens with zero attached hydrogens (tertiary/aromatic N) is 2. The van der Waals surface area contributed by atoms with Gasteiger partial charge in [-0.3, -0.25) is 4.98 Å². The molecule has 0 saturated carbocycles. The van der Waals surface area contributed by atoms with E-state index in [0.29, 0.717) is 16.8 Å². The van der Waals surface area contributed by atoms with E-state index in [1.54, 1.807) is 30.6 Å². The van der Waals surface area contributed by atoms with Crippen LogP contribution in [0.2, 0.25) is 0 Å². The Morgan fingerprint density at radius 1 is 1.22 bits per heavy atom. The summed E-state index contributed by atoms with van der Waals surface area (Å²) >= 11 is 0. The highest BCUT2D eigenvalue weighted by Crippen LogP contribution is 2.21. The molecule has 0 unspecified atom stereocenters. The number of hydrogen-bond acceptors (Lipinski definition) is 5. The second-order valence-corrected chi connectivity index (χ2v) is 7.43. The van der Waals surface area contributed by atoms with Crippen LogP contribution in [0.15, 0.2) is 41.6 Å². The van der Waals surface area contributed by atoms with Gasteiger partial charge in [0.1, 0.15) is 0 Å². The average molecular weight is 334 g/mol. The summed E-state index contributed by atoms with van der Waals surface area (Å²) in [4.78, 5) is 6.64. The summed E-state index contributed by atoms with van der Waals surface area (Å²) in [5, 5.41) is 4.87. The van der Waals surface area contributed by atoms with Gasteiger partial charge in [-0.05, 0) is 31.6 Å².